The van der Waals surface area contributed by atoms with Gasteiger partial charge in [0, 0.05) is 12.0 Å². The Hall–Kier alpha value is -2.62. The Morgan fingerprint density at radius 1 is 1.22 bits per heavy atom. The first kappa shape index (κ1) is 22.6. The molecule has 1 aromatic carbocycles. The fourth-order valence-electron chi connectivity index (χ4n) is 4.96. The van der Waals surface area contributed by atoms with Crippen LogP contribution in [0.3, 0.4) is 0 Å². The Kier molecular flexibility index (Phi) is 6.15. The van der Waals surface area contributed by atoms with E-state index in [-0.39, 0.29) is 24.5 Å². The summed E-state index contributed by atoms with van der Waals surface area (Å²) in [6.45, 7) is 0. The highest BCUT2D eigenvalue weighted by molar-refractivity contribution is 5.84. The number of hydrogen-bond donors (Lipinski definition) is 4. The number of carbonyl (C=O) groups excluding carboxylic acids is 1. The molecule has 5 atom stereocenters. The number of fused-ring (bicyclic) bond motifs is 4. The number of methoxy groups -OCH3 is 1. The molecule has 0 saturated heterocycles. The fourth-order valence-corrected chi connectivity index (χ4v) is 4.96. The number of aliphatic hydroxyl groups excluding tert-OH is 2. The quantitative estimate of drug-likeness (QED) is 0.487. The number of carboxylic acid groups (broad SMARTS) is 1. The van der Waals surface area contributed by atoms with Crippen molar-refractivity contribution < 1.29 is 44.2 Å². The van der Waals surface area contributed by atoms with Gasteiger partial charge < -0.3 is 34.6 Å². The van der Waals surface area contributed by atoms with Crippen LogP contribution in [0.5, 0.6) is 11.5 Å². The maximum atomic E-state index is 12.3. The van der Waals surface area contributed by atoms with E-state index in [1.165, 1.54) is 7.11 Å². The number of ether oxygens (including phenoxy) is 3. The smallest absolute Gasteiger partial charge is 0.343 e. The van der Waals surface area contributed by atoms with Crippen LogP contribution in [0.1, 0.15) is 43.2 Å². The highest BCUT2D eigenvalue weighted by Crippen LogP contribution is 2.47. The van der Waals surface area contributed by atoms with Gasteiger partial charge in [0.15, 0.2) is 29.8 Å². The molecular formula is C23H28O9. The summed E-state index contributed by atoms with van der Waals surface area (Å²) in [7, 11) is 1.54. The summed E-state index contributed by atoms with van der Waals surface area (Å²) in [5.74, 6) is -1.93. The lowest BCUT2D eigenvalue weighted by Gasteiger charge is -2.41. The third-order valence-corrected chi connectivity index (χ3v) is 6.78. The average Bonchev–Trinajstić information content (AvgIpc) is 2.75. The third kappa shape index (κ3) is 4.07. The lowest BCUT2D eigenvalue weighted by molar-refractivity contribution is -0.168. The third-order valence-electron chi connectivity index (χ3n) is 6.78. The summed E-state index contributed by atoms with van der Waals surface area (Å²) in [4.78, 5) is 23.2. The number of benzene rings is 1. The van der Waals surface area contributed by atoms with Gasteiger partial charge in [-0.05, 0) is 55.7 Å². The van der Waals surface area contributed by atoms with Gasteiger partial charge in [0.25, 0.3) is 0 Å². The van der Waals surface area contributed by atoms with Gasteiger partial charge in [0.1, 0.15) is 5.76 Å². The predicted molar refractivity (Wildman–Crippen MR) is 110 cm³/mol. The molecule has 0 amide bonds. The van der Waals surface area contributed by atoms with Crippen molar-refractivity contribution in [2.24, 2.45) is 5.92 Å². The Bertz CT molecular complexity index is 940. The normalized spacial score (nSPS) is 28.4. The molecule has 2 aliphatic carbocycles. The molecule has 9 nitrogen and oxygen atoms in total. The number of esters is 1. The van der Waals surface area contributed by atoms with Crippen LogP contribution in [0.2, 0.25) is 0 Å². The molecule has 32 heavy (non-hydrogen) atoms. The first-order valence-corrected chi connectivity index (χ1v) is 10.8. The number of aliphatic hydroxyl groups is 3. The Balaban J connectivity index is 1.71. The van der Waals surface area contributed by atoms with E-state index in [0.29, 0.717) is 17.9 Å². The second-order valence-electron chi connectivity index (χ2n) is 8.76. The zero-order valence-corrected chi connectivity index (χ0v) is 17.8. The summed E-state index contributed by atoms with van der Waals surface area (Å²) < 4.78 is 17.1. The molecule has 3 aliphatic rings. The standard InChI is InChI=1S/C23H28O9/c1-30-16-7-6-12-10-13-4-2-3-5-14(12)20(16)31-17-11-23(13,29)9-8-15(17)32-22(28)19(25)18(24)21(26)27/h6-8,13,17-19,24-25,29H,2-5,9-11H2,1H3,(H,26,27)/t13-,17-,18-,19-,23+/m1/s1. The Labute approximate surface area is 185 Å². The number of carbonyl (C=O) groups is 2. The van der Waals surface area contributed by atoms with Crippen LogP contribution in [-0.4, -0.2) is 63.4 Å². The molecule has 4 N–H and O–H groups in total. The molecule has 1 heterocycles. The van der Waals surface area contributed by atoms with E-state index >= 15 is 0 Å². The predicted octanol–water partition coefficient (Wildman–Crippen LogP) is 1.10. The lowest BCUT2D eigenvalue weighted by Crippen LogP contribution is -2.47. The van der Waals surface area contributed by atoms with Gasteiger partial charge in [-0.25, -0.2) is 9.59 Å². The van der Waals surface area contributed by atoms with Gasteiger partial charge >= 0.3 is 11.9 Å². The summed E-state index contributed by atoms with van der Waals surface area (Å²) in [6, 6.07) is 3.84. The van der Waals surface area contributed by atoms with Gasteiger partial charge in [-0.15, -0.1) is 0 Å². The summed E-state index contributed by atoms with van der Waals surface area (Å²) in [5.41, 5.74) is 1.04. The van der Waals surface area contributed by atoms with Crippen LogP contribution >= 0.6 is 0 Å². The number of rotatable bonds is 5. The zero-order valence-electron chi connectivity index (χ0n) is 17.8. The average molecular weight is 448 g/mol. The van der Waals surface area contributed by atoms with E-state index in [0.717, 1.165) is 36.8 Å². The van der Waals surface area contributed by atoms with E-state index in [1.807, 2.05) is 12.1 Å². The first-order valence-electron chi connectivity index (χ1n) is 10.8. The maximum Gasteiger partial charge on any atom is 0.343 e. The monoisotopic (exact) mass is 448 g/mol. The zero-order chi connectivity index (χ0) is 23.0. The molecule has 174 valence electrons. The van der Waals surface area contributed by atoms with Crippen molar-refractivity contribution in [1.29, 1.82) is 0 Å². The van der Waals surface area contributed by atoms with Gasteiger partial charge in [0.2, 0.25) is 0 Å². The molecule has 6 bridgehead atoms. The number of carboxylic acids is 1. The molecule has 4 rings (SSSR count). The van der Waals surface area contributed by atoms with Crippen molar-refractivity contribution in [3.8, 4) is 11.5 Å². The van der Waals surface area contributed by atoms with E-state index < -0.39 is 35.9 Å². The summed E-state index contributed by atoms with van der Waals surface area (Å²) in [5, 5.41) is 39.7. The van der Waals surface area contributed by atoms with Crippen LogP contribution < -0.4 is 9.47 Å². The van der Waals surface area contributed by atoms with Crippen LogP contribution in [-0.2, 0) is 27.2 Å². The van der Waals surface area contributed by atoms with Crippen molar-refractivity contribution in [2.75, 3.05) is 7.11 Å². The van der Waals surface area contributed by atoms with Gasteiger partial charge in [-0.1, -0.05) is 12.5 Å². The molecule has 0 radical (unpaired) electrons. The topological polar surface area (TPSA) is 143 Å². The molecule has 0 fully saturated rings. The molecular weight excluding hydrogens is 420 g/mol. The lowest BCUT2D eigenvalue weighted by atomic mass is 9.71. The SMILES string of the molecule is COc1ccc2c3c1O[C@@H]1C[C@@](O)(CC=C1OC(=O)[C@H](O)[C@@H](O)C(=O)O)[C@H](CCCC3)C2. The minimum absolute atomic E-state index is 0.0140. The van der Waals surface area contributed by atoms with Gasteiger partial charge in [-0.2, -0.15) is 0 Å². The highest BCUT2D eigenvalue weighted by atomic mass is 16.6. The largest absolute Gasteiger partial charge is 0.493 e. The van der Waals surface area contributed by atoms with Gasteiger partial charge in [0.05, 0.1) is 12.7 Å². The molecule has 1 aromatic rings. The van der Waals surface area contributed by atoms with E-state index in [1.54, 1.807) is 6.08 Å². The van der Waals surface area contributed by atoms with E-state index in [9.17, 15) is 24.9 Å². The van der Waals surface area contributed by atoms with Crippen LogP contribution in [0.4, 0.5) is 0 Å². The second kappa shape index (κ2) is 8.73. The van der Waals surface area contributed by atoms with E-state index in [4.69, 9.17) is 19.3 Å². The molecule has 0 aromatic heterocycles. The molecule has 9 heteroatoms. The minimum Gasteiger partial charge on any atom is -0.493 e. The Morgan fingerprint density at radius 2 is 2.00 bits per heavy atom. The van der Waals surface area contributed by atoms with Crippen molar-refractivity contribution in [3.05, 3.63) is 35.1 Å². The molecule has 0 spiro atoms. The Morgan fingerprint density at radius 3 is 2.72 bits per heavy atom. The highest BCUT2D eigenvalue weighted by Gasteiger charge is 2.46. The first-order chi connectivity index (χ1) is 15.2. The van der Waals surface area contributed by atoms with E-state index in [2.05, 4.69) is 0 Å². The van der Waals surface area contributed by atoms with Crippen molar-refractivity contribution >= 4 is 11.9 Å². The molecule has 0 unspecified atom stereocenters. The van der Waals surface area contributed by atoms with Crippen LogP contribution in [0, 0.1) is 5.92 Å². The number of aliphatic carboxylic acids is 1. The summed E-state index contributed by atoms with van der Waals surface area (Å²) in [6.07, 6.45) is 0.784. The van der Waals surface area contributed by atoms with Crippen molar-refractivity contribution in [1.82, 2.24) is 0 Å². The summed E-state index contributed by atoms with van der Waals surface area (Å²) >= 11 is 0. The van der Waals surface area contributed by atoms with Crippen LogP contribution in [0.25, 0.3) is 0 Å². The molecule has 1 aliphatic heterocycles. The maximum absolute atomic E-state index is 12.3. The number of hydrogen-bond acceptors (Lipinski definition) is 8. The fraction of sp³-hybridized carbons (Fsp3) is 0.565. The second-order valence-corrected chi connectivity index (χ2v) is 8.76. The van der Waals surface area contributed by atoms with Crippen molar-refractivity contribution in [2.45, 2.75) is 68.9 Å². The van der Waals surface area contributed by atoms with Gasteiger partial charge in [-0.3, -0.25) is 0 Å². The van der Waals surface area contributed by atoms with Crippen molar-refractivity contribution in [3.63, 3.8) is 0 Å². The minimum atomic E-state index is -2.31. The molecule has 0 saturated carbocycles. The van der Waals surface area contributed by atoms with Crippen LogP contribution in [0.15, 0.2) is 24.0 Å².